The molecule has 0 amide bonds. The molecule has 0 spiro atoms. The summed E-state index contributed by atoms with van der Waals surface area (Å²) in [5, 5.41) is 4.44. The van der Waals surface area contributed by atoms with Gasteiger partial charge in [-0.1, -0.05) is 0 Å². The van der Waals surface area contributed by atoms with Crippen molar-refractivity contribution in [3.8, 4) is 0 Å². The lowest BCUT2D eigenvalue weighted by Crippen LogP contribution is -2.14. The first-order chi connectivity index (χ1) is 5.41. The second kappa shape index (κ2) is 2.80. The van der Waals surface area contributed by atoms with E-state index >= 15 is 0 Å². The highest BCUT2D eigenvalue weighted by atomic mass is 32.2. The third-order valence-corrected chi connectivity index (χ3v) is 2.10. The fourth-order valence-electron chi connectivity index (χ4n) is 0.679. The Labute approximate surface area is 69.3 Å². The molecule has 1 rings (SSSR count). The van der Waals surface area contributed by atoms with Crippen LogP contribution < -0.4 is 5.14 Å². The molecular formula is C6H7FN2O2S. The summed E-state index contributed by atoms with van der Waals surface area (Å²) in [5.41, 5.74) is 0.0153. The molecule has 1 aromatic rings. The van der Waals surface area contributed by atoms with Crippen LogP contribution in [0.1, 0.15) is 5.69 Å². The van der Waals surface area contributed by atoms with Crippen LogP contribution in [-0.2, 0) is 10.0 Å². The van der Waals surface area contributed by atoms with Crippen molar-refractivity contribution < 1.29 is 12.8 Å². The molecule has 0 radical (unpaired) electrons. The lowest BCUT2D eigenvalue weighted by atomic mass is 10.4. The van der Waals surface area contributed by atoms with Crippen LogP contribution in [0.4, 0.5) is 4.39 Å². The Morgan fingerprint density at radius 2 is 2.08 bits per heavy atom. The van der Waals surface area contributed by atoms with Gasteiger partial charge < -0.3 is 0 Å². The Hall–Kier alpha value is -1.01. The van der Waals surface area contributed by atoms with Gasteiger partial charge in [-0.05, 0) is 19.1 Å². The zero-order valence-corrected chi connectivity index (χ0v) is 7.10. The lowest BCUT2D eigenvalue weighted by Gasteiger charge is -1.98. The van der Waals surface area contributed by atoms with Gasteiger partial charge in [0.1, 0.15) is 5.82 Å². The molecule has 0 aliphatic carbocycles. The predicted octanol–water partition coefficient (Wildman–Crippen LogP) is 0.177. The van der Waals surface area contributed by atoms with E-state index in [-0.39, 0.29) is 10.7 Å². The van der Waals surface area contributed by atoms with Gasteiger partial charge in [-0.3, -0.25) is 0 Å². The minimum Gasteiger partial charge on any atom is -0.237 e. The van der Waals surface area contributed by atoms with E-state index in [0.717, 1.165) is 12.1 Å². The lowest BCUT2D eigenvalue weighted by molar-refractivity contribution is 0.585. The van der Waals surface area contributed by atoms with Crippen LogP contribution in [0.15, 0.2) is 17.2 Å². The Morgan fingerprint density at radius 3 is 2.50 bits per heavy atom. The molecule has 6 heteroatoms. The maximum Gasteiger partial charge on any atom is 0.255 e. The Kier molecular flexibility index (Phi) is 2.12. The van der Waals surface area contributed by atoms with Gasteiger partial charge in [-0.15, -0.1) is 0 Å². The van der Waals surface area contributed by atoms with E-state index in [4.69, 9.17) is 5.14 Å². The molecule has 0 aromatic carbocycles. The zero-order chi connectivity index (χ0) is 9.35. The van der Waals surface area contributed by atoms with Crippen molar-refractivity contribution in [3.63, 3.8) is 0 Å². The van der Waals surface area contributed by atoms with Crippen molar-refractivity contribution in [1.82, 2.24) is 4.98 Å². The topological polar surface area (TPSA) is 73.0 Å². The van der Waals surface area contributed by atoms with Crippen molar-refractivity contribution in [3.05, 3.63) is 23.6 Å². The van der Waals surface area contributed by atoms with E-state index in [1.807, 2.05) is 0 Å². The normalized spacial score (nSPS) is 11.6. The second-order valence-corrected chi connectivity index (χ2v) is 3.77. The first kappa shape index (κ1) is 9.08. The second-order valence-electron chi connectivity index (χ2n) is 2.26. The smallest absolute Gasteiger partial charge is 0.237 e. The van der Waals surface area contributed by atoms with Crippen molar-refractivity contribution in [2.45, 2.75) is 11.9 Å². The Morgan fingerprint density at radius 1 is 1.50 bits per heavy atom. The van der Waals surface area contributed by atoms with E-state index < -0.39 is 15.8 Å². The van der Waals surface area contributed by atoms with Crippen LogP contribution in [0.5, 0.6) is 0 Å². The number of aromatic nitrogens is 1. The van der Waals surface area contributed by atoms with Gasteiger partial charge in [0, 0.05) is 0 Å². The predicted molar refractivity (Wildman–Crippen MR) is 40.3 cm³/mol. The SMILES string of the molecule is Cc1nc(S(N)(=O)=O)ccc1F. The molecule has 0 atom stereocenters. The summed E-state index contributed by atoms with van der Waals surface area (Å²) < 4.78 is 34.0. The number of nitrogens with two attached hydrogens (primary N) is 1. The number of primary sulfonamides is 1. The largest absolute Gasteiger partial charge is 0.255 e. The zero-order valence-electron chi connectivity index (χ0n) is 6.28. The average molecular weight is 190 g/mol. The molecule has 1 aromatic heterocycles. The number of rotatable bonds is 1. The van der Waals surface area contributed by atoms with Crippen molar-refractivity contribution in [2.24, 2.45) is 5.14 Å². The van der Waals surface area contributed by atoms with Crippen LogP contribution in [0.2, 0.25) is 0 Å². The first-order valence-electron chi connectivity index (χ1n) is 3.07. The molecule has 0 fully saturated rings. The molecule has 12 heavy (non-hydrogen) atoms. The van der Waals surface area contributed by atoms with Gasteiger partial charge in [-0.25, -0.2) is 22.9 Å². The third kappa shape index (κ3) is 1.77. The molecule has 2 N–H and O–H groups in total. The standard InChI is InChI=1S/C6H7FN2O2S/c1-4-5(7)2-3-6(9-4)12(8,10)11/h2-3H,1H3,(H2,8,10,11). The molecule has 0 unspecified atom stereocenters. The summed E-state index contributed by atoms with van der Waals surface area (Å²) in [5.74, 6) is -0.553. The molecule has 0 aliphatic heterocycles. The molecule has 4 nitrogen and oxygen atoms in total. The Bertz CT molecular complexity index is 402. The first-order valence-corrected chi connectivity index (χ1v) is 4.62. The van der Waals surface area contributed by atoms with Crippen molar-refractivity contribution in [2.75, 3.05) is 0 Å². The van der Waals surface area contributed by atoms with Crippen LogP contribution in [0, 0.1) is 12.7 Å². The van der Waals surface area contributed by atoms with Crippen LogP contribution in [0.25, 0.3) is 0 Å². The van der Waals surface area contributed by atoms with Crippen LogP contribution >= 0.6 is 0 Å². The maximum absolute atomic E-state index is 12.6. The summed E-state index contributed by atoms with van der Waals surface area (Å²) in [4.78, 5) is 3.46. The molecular weight excluding hydrogens is 183 g/mol. The van der Waals surface area contributed by atoms with Gasteiger partial charge in [0.25, 0.3) is 10.0 Å². The van der Waals surface area contributed by atoms with Gasteiger partial charge in [-0.2, -0.15) is 0 Å². The minimum atomic E-state index is -3.82. The van der Waals surface area contributed by atoms with E-state index in [2.05, 4.69) is 4.98 Å². The monoisotopic (exact) mass is 190 g/mol. The number of pyridine rings is 1. The van der Waals surface area contributed by atoms with Gasteiger partial charge >= 0.3 is 0 Å². The highest BCUT2D eigenvalue weighted by Crippen LogP contribution is 2.07. The molecule has 66 valence electrons. The molecule has 0 saturated heterocycles. The van der Waals surface area contributed by atoms with Crippen LogP contribution in [-0.4, -0.2) is 13.4 Å². The van der Waals surface area contributed by atoms with Crippen molar-refractivity contribution in [1.29, 1.82) is 0 Å². The number of halogens is 1. The summed E-state index contributed by atoms with van der Waals surface area (Å²) >= 11 is 0. The minimum absolute atomic E-state index is 0.0153. The summed E-state index contributed by atoms with van der Waals surface area (Å²) in [7, 11) is -3.82. The van der Waals surface area contributed by atoms with Gasteiger partial charge in [0.05, 0.1) is 5.69 Å². The van der Waals surface area contributed by atoms with Gasteiger partial charge in [0.2, 0.25) is 0 Å². The fourth-order valence-corrected chi connectivity index (χ4v) is 1.20. The van der Waals surface area contributed by atoms with Gasteiger partial charge in [0.15, 0.2) is 5.03 Å². The summed E-state index contributed by atoms with van der Waals surface area (Å²) in [6.45, 7) is 1.37. The van der Waals surface area contributed by atoms with Crippen molar-refractivity contribution >= 4 is 10.0 Å². The van der Waals surface area contributed by atoms with E-state index in [1.54, 1.807) is 0 Å². The Balaban J connectivity index is 3.33. The number of hydrogen-bond acceptors (Lipinski definition) is 3. The molecule has 0 bridgehead atoms. The fraction of sp³-hybridized carbons (Fsp3) is 0.167. The quantitative estimate of drug-likeness (QED) is 0.686. The van der Waals surface area contributed by atoms with E-state index in [1.165, 1.54) is 6.92 Å². The number of sulfonamides is 1. The highest BCUT2D eigenvalue weighted by molar-refractivity contribution is 7.89. The summed E-state index contributed by atoms with van der Waals surface area (Å²) in [6.07, 6.45) is 0. The maximum atomic E-state index is 12.6. The highest BCUT2D eigenvalue weighted by Gasteiger charge is 2.10. The molecule has 0 aliphatic rings. The van der Waals surface area contributed by atoms with E-state index in [9.17, 15) is 12.8 Å². The summed E-state index contributed by atoms with van der Waals surface area (Å²) in [6, 6.07) is 2.04. The van der Waals surface area contributed by atoms with Crippen LogP contribution in [0.3, 0.4) is 0 Å². The van der Waals surface area contributed by atoms with E-state index in [0.29, 0.717) is 0 Å². The number of nitrogens with zero attached hydrogens (tertiary/aromatic N) is 1. The third-order valence-electron chi connectivity index (χ3n) is 1.29. The molecule has 0 saturated carbocycles. The number of aryl methyl sites for hydroxylation is 1. The average Bonchev–Trinajstić information content (AvgIpc) is 1.92. The molecule has 1 heterocycles. The number of hydrogen-bond donors (Lipinski definition) is 1.